The molecule has 0 saturated carbocycles. The Balaban J connectivity index is 2.22. The second kappa shape index (κ2) is 4.87. The van der Waals surface area contributed by atoms with Crippen molar-refractivity contribution in [3.63, 3.8) is 0 Å². The molecule has 4 heteroatoms. The van der Waals surface area contributed by atoms with Gasteiger partial charge in [0.15, 0.2) is 0 Å². The molecule has 2 aromatic rings. The zero-order valence-electron chi connectivity index (χ0n) is 10.2. The van der Waals surface area contributed by atoms with Gasteiger partial charge in [-0.25, -0.2) is 0 Å². The van der Waals surface area contributed by atoms with Crippen molar-refractivity contribution in [3.05, 3.63) is 63.7 Å². The Morgan fingerprint density at radius 1 is 1.00 bits per heavy atom. The summed E-state index contributed by atoms with van der Waals surface area (Å²) in [4.78, 5) is 10.3. The van der Waals surface area contributed by atoms with Crippen molar-refractivity contribution in [1.82, 2.24) is 0 Å². The van der Waals surface area contributed by atoms with Crippen molar-refractivity contribution in [2.24, 2.45) is 0 Å². The van der Waals surface area contributed by atoms with Crippen molar-refractivity contribution in [2.45, 2.75) is 13.8 Å². The zero-order valence-corrected chi connectivity index (χ0v) is 10.2. The van der Waals surface area contributed by atoms with E-state index in [0.29, 0.717) is 17.1 Å². The second-order valence-electron chi connectivity index (χ2n) is 4.12. The van der Waals surface area contributed by atoms with Gasteiger partial charge in [-0.2, -0.15) is 0 Å². The number of nitro groups is 1. The maximum absolute atomic E-state index is 10.7. The number of ether oxygens (including phenoxy) is 1. The van der Waals surface area contributed by atoms with E-state index in [9.17, 15) is 10.1 Å². The third-order valence-electron chi connectivity index (χ3n) is 2.62. The van der Waals surface area contributed by atoms with Crippen molar-refractivity contribution < 1.29 is 9.66 Å². The Bertz CT molecular complexity index is 576. The van der Waals surface area contributed by atoms with Crippen LogP contribution >= 0.6 is 0 Å². The predicted molar refractivity (Wildman–Crippen MR) is 69.1 cm³/mol. The van der Waals surface area contributed by atoms with E-state index in [-0.39, 0.29) is 5.69 Å². The van der Waals surface area contributed by atoms with E-state index in [1.807, 2.05) is 31.2 Å². The molecule has 0 amide bonds. The van der Waals surface area contributed by atoms with E-state index in [1.165, 1.54) is 6.07 Å². The average molecular weight is 243 g/mol. The average Bonchev–Trinajstić information content (AvgIpc) is 2.32. The number of rotatable bonds is 3. The van der Waals surface area contributed by atoms with E-state index in [2.05, 4.69) is 0 Å². The first-order valence-corrected chi connectivity index (χ1v) is 5.56. The topological polar surface area (TPSA) is 52.4 Å². The van der Waals surface area contributed by atoms with Crippen LogP contribution in [0.5, 0.6) is 11.5 Å². The summed E-state index contributed by atoms with van der Waals surface area (Å²) in [6, 6.07) is 12.4. The van der Waals surface area contributed by atoms with Gasteiger partial charge in [-0.3, -0.25) is 10.1 Å². The Labute approximate surface area is 105 Å². The maximum atomic E-state index is 10.7. The molecule has 2 aromatic carbocycles. The van der Waals surface area contributed by atoms with Gasteiger partial charge in [0, 0.05) is 11.6 Å². The number of nitrogens with zero attached hydrogens (tertiary/aromatic N) is 1. The van der Waals surface area contributed by atoms with E-state index < -0.39 is 4.92 Å². The van der Waals surface area contributed by atoms with E-state index in [0.717, 1.165) is 5.56 Å². The lowest BCUT2D eigenvalue weighted by molar-refractivity contribution is -0.385. The minimum atomic E-state index is -0.398. The second-order valence-corrected chi connectivity index (χ2v) is 4.12. The Hall–Kier alpha value is -2.36. The SMILES string of the molecule is Cc1ccc(Oc2ccc([N+](=O)[O-])c(C)c2)cc1. The first-order valence-electron chi connectivity index (χ1n) is 5.56. The van der Waals surface area contributed by atoms with Crippen LogP contribution in [-0.4, -0.2) is 4.92 Å². The van der Waals surface area contributed by atoms with Crippen LogP contribution in [-0.2, 0) is 0 Å². The molecule has 0 spiro atoms. The molecule has 0 aliphatic rings. The Morgan fingerprint density at radius 3 is 2.17 bits per heavy atom. The van der Waals surface area contributed by atoms with Crippen LogP contribution < -0.4 is 4.74 Å². The molecular formula is C14H13NO3. The monoisotopic (exact) mass is 243 g/mol. The standard InChI is InChI=1S/C14H13NO3/c1-10-3-5-12(6-4-10)18-13-7-8-14(15(16)17)11(2)9-13/h3-9H,1-2H3. The minimum Gasteiger partial charge on any atom is -0.457 e. The summed E-state index contributed by atoms with van der Waals surface area (Å²) in [6.45, 7) is 3.69. The highest BCUT2D eigenvalue weighted by molar-refractivity contribution is 5.45. The first kappa shape index (κ1) is 12.1. The van der Waals surface area contributed by atoms with Gasteiger partial charge in [-0.1, -0.05) is 17.7 Å². The van der Waals surface area contributed by atoms with Crippen molar-refractivity contribution in [1.29, 1.82) is 0 Å². The third-order valence-corrected chi connectivity index (χ3v) is 2.62. The lowest BCUT2D eigenvalue weighted by Crippen LogP contribution is -1.92. The Morgan fingerprint density at radius 2 is 1.61 bits per heavy atom. The summed E-state index contributed by atoms with van der Waals surface area (Å²) in [6.07, 6.45) is 0. The van der Waals surface area contributed by atoms with Gasteiger partial charge >= 0.3 is 0 Å². The van der Waals surface area contributed by atoms with Gasteiger partial charge in [0.1, 0.15) is 11.5 Å². The maximum Gasteiger partial charge on any atom is 0.272 e. The molecule has 0 radical (unpaired) electrons. The first-order chi connectivity index (χ1) is 8.56. The van der Waals surface area contributed by atoms with Crippen LogP contribution in [0.15, 0.2) is 42.5 Å². The number of hydrogen-bond acceptors (Lipinski definition) is 3. The van der Waals surface area contributed by atoms with Gasteiger partial charge in [-0.05, 0) is 38.1 Å². The highest BCUT2D eigenvalue weighted by atomic mass is 16.6. The Kier molecular flexibility index (Phi) is 3.28. The normalized spacial score (nSPS) is 10.1. The van der Waals surface area contributed by atoms with Crippen LogP contribution in [0.2, 0.25) is 0 Å². The molecule has 0 aliphatic heterocycles. The fourth-order valence-corrected chi connectivity index (χ4v) is 1.64. The van der Waals surface area contributed by atoms with E-state index in [4.69, 9.17) is 4.74 Å². The smallest absolute Gasteiger partial charge is 0.272 e. The summed E-state index contributed by atoms with van der Waals surface area (Å²) in [5.74, 6) is 1.32. The van der Waals surface area contributed by atoms with Crippen molar-refractivity contribution in [3.8, 4) is 11.5 Å². The van der Waals surface area contributed by atoms with E-state index in [1.54, 1.807) is 19.1 Å². The quantitative estimate of drug-likeness (QED) is 0.604. The number of benzene rings is 2. The van der Waals surface area contributed by atoms with Crippen LogP contribution in [0.3, 0.4) is 0 Å². The molecule has 0 N–H and O–H groups in total. The molecule has 0 aliphatic carbocycles. The molecule has 0 atom stereocenters. The summed E-state index contributed by atoms with van der Waals surface area (Å²) in [5, 5.41) is 10.7. The lowest BCUT2D eigenvalue weighted by Gasteiger charge is -2.06. The van der Waals surface area contributed by atoms with Gasteiger partial charge < -0.3 is 4.74 Å². The van der Waals surface area contributed by atoms with E-state index >= 15 is 0 Å². The molecule has 0 heterocycles. The summed E-state index contributed by atoms with van der Waals surface area (Å²) < 4.78 is 5.63. The summed E-state index contributed by atoms with van der Waals surface area (Å²) >= 11 is 0. The number of aryl methyl sites for hydroxylation is 2. The zero-order chi connectivity index (χ0) is 13.1. The summed E-state index contributed by atoms with van der Waals surface area (Å²) in [7, 11) is 0. The summed E-state index contributed by atoms with van der Waals surface area (Å²) in [5.41, 5.74) is 1.85. The van der Waals surface area contributed by atoms with Crippen molar-refractivity contribution >= 4 is 5.69 Å². The van der Waals surface area contributed by atoms with Gasteiger partial charge in [0.05, 0.1) is 4.92 Å². The van der Waals surface area contributed by atoms with Gasteiger partial charge in [0.2, 0.25) is 0 Å². The van der Waals surface area contributed by atoms with Crippen LogP contribution in [0.4, 0.5) is 5.69 Å². The molecule has 0 saturated heterocycles. The highest BCUT2D eigenvalue weighted by Crippen LogP contribution is 2.27. The van der Waals surface area contributed by atoms with Crippen LogP contribution in [0.1, 0.15) is 11.1 Å². The number of hydrogen-bond donors (Lipinski definition) is 0. The minimum absolute atomic E-state index is 0.103. The fourth-order valence-electron chi connectivity index (χ4n) is 1.64. The largest absolute Gasteiger partial charge is 0.457 e. The third kappa shape index (κ3) is 2.66. The molecule has 2 rings (SSSR count). The molecule has 0 unspecified atom stereocenters. The molecular weight excluding hydrogens is 230 g/mol. The highest BCUT2D eigenvalue weighted by Gasteiger charge is 2.10. The molecule has 18 heavy (non-hydrogen) atoms. The molecule has 92 valence electrons. The molecule has 4 nitrogen and oxygen atoms in total. The molecule has 0 bridgehead atoms. The van der Waals surface area contributed by atoms with Crippen LogP contribution in [0, 0.1) is 24.0 Å². The van der Waals surface area contributed by atoms with Crippen LogP contribution in [0.25, 0.3) is 0 Å². The number of nitro benzene ring substituents is 1. The fraction of sp³-hybridized carbons (Fsp3) is 0.143. The van der Waals surface area contributed by atoms with Gasteiger partial charge in [0.25, 0.3) is 5.69 Å². The lowest BCUT2D eigenvalue weighted by atomic mass is 10.2. The van der Waals surface area contributed by atoms with Crippen molar-refractivity contribution in [2.75, 3.05) is 0 Å². The molecule has 0 fully saturated rings. The molecule has 0 aromatic heterocycles. The van der Waals surface area contributed by atoms with Gasteiger partial charge in [-0.15, -0.1) is 0 Å². The predicted octanol–water partition coefficient (Wildman–Crippen LogP) is 4.00.